The quantitative estimate of drug-likeness (QED) is 0.776. The fraction of sp³-hybridized carbons (Fsp3) is 0.529. The lowest BCUT2D eigenvalue weighted by Gasteiger charge is -2.14. The van der Waals surface area contributed by atoms with Gasteiger partial charge in [0.2, 0.25) is 0 Å². The van der Waals surface area contributed by atoms with E-state index < -0.39 is 0 Å². The van der Waals surface area contributed by atoms with Crippen LogP contribution in [0.25, 0.3) is 11.3 Å². The Morgan fingerprint density at radius 1 is 1.19 bits per heavy atom. The zero-order chi connectivity index (χ0) is 15.1. The van der Waals surface area contributed by atoms with E-state index in [1.54, 1.807) is 6.20 Å². The fourth-order valence-electron chi connectivity index (χ4n) is 2.42. The third-order valence-electron chi connectivity index (χ3n) is 3.73. The van der Waals surface area contributed by atoms with Crippen molar-refractivity contribution in [3.63, 3.8) is 0 Å². The van der Waals surface area contributed by atoms with Gasteiger partial charge in [0.1, 0.15) is 0 Å². The lowest BCUT2D eigenvalue weighted by atomic mass is 10.0. The summed E-state index contributed by atoms with van der Waals surface area (Å²) in [5, 5.41) is 10.8. The molecule has 21 heavy (non-hydrogen) atoms. The summed E-state index contributed by atoms with van der Waals surface area (Å²) in [5.41, 5.74) is 3.34. The summed E-state index contributed by atoms with van der Waals surface area (Å²) < 4.78 is 0. The molecule has 2 heterocycles. The van der Waals surface area contributed by atoms with Crippen molar-refractivity contribution < 1.29 is 0 Å². The number of rotatable bonds is 8. The third-order valence-corrected chi connectivity index (χ3v) is 3.73. The van der Waals surface area contributed by atoms with Crippen molar-refractivity contribution in [2.24, 2.45) is 5.92 Å². The lowest BCUT2D eigenvalue weighted by Crippen LogP contribution is -2.25. The van der Waals surface area contributed by atoms with Gasteiger partial charge in [0.25, 0.3) is 0 Å². The van der Waals surface area contributed by atoms with E-state index in [9.17, 15) is 0 Å². The average Bonchev–Trinajstić information content (AvgIpc) is 2.94. The van der Waals surface area contributed by atoms with Gasteiger partial charge in [-0.25, -0.2) is 0 Å². The Morgan fingerprint density at radius 3 is 2.76 bits per heavy atom. The van der Waals surface area contributed by atoms with Gasteiger partial charge in [-0.15, -0.1) is 0 Å². The molecule has 2 aromatic heterocycles. The molecule has 1 unspecified atom stereocenters. The minimum absolute atomic E-state index is 0.528. The number of aromatic nitrogens is 3. The maximum atomic E-state index is 4.17. The average molecular weight is 286 g/mol. The van der Waals surface area contributed by atoms with Crippen molar-refractivity contribution in [2.45, 2.75) is 52.6 Å². The van der Waals surface area contributed by atoms with Crippen LogP contribution in [0.5, 0.6) is 0 Å². The summed E-state index contributed by atoms with van der Waals surface area (Å²) in [6.45, 7) is 7.65. The molecular weight excluding hydrogens is 260 g/mol. The molecule has 114 valence electrons. The van der Waals surface area contributed by atoms with Crippen molar-refractivity contribution in [1.29, 1.82) is 0 Å². The Balaban J connectivity index is 1.86. The normalized spacial score (nSPS) is 12.8. The van der Waals surface area contributed by atoms with Crippen LogP contribution in [0.1, 0.15) is 45.6 Å². The second kappa shape index (κ2) is 7.93. The first-order chi connectivity index (χ1) is 10.2. The topological polar surface area (TPSA) is 53.6 Å². The molecule has 4 nitrogen and oxygen atoms in total. The molecule has 2 N–H and O–H groups in total. The SMILES string of the molecule is CC(C)CCCC(C)NCc1cn[nH]c1-c1cccnc1. The van der Waals surface area contributed by atoms with Crippen LogP contribution in [0.3, 0.4) is 0 Å². The zero-order valence-electron chi connectivity index (χ0n) is 13.3. The molecule has 2 aromatic rings. The van der Waals surface area contributed by atoms with Crippen LogP contribution in [-0.4, -0.2) is 21.2 Å². The number of H-pyrrole nitrogens is 1. The predicted octanol–water partition coefficient (Wildman–Crippen LogP) is 3.78. The second-order valence-electron chi connectivity index (χ2n) is 6.12. The first-order valence-corrected chi connectivity index (χ1v) is 7.83. The van der Waals surface area contributed by atoms with E-state index >= 15 is 0 Å². The smallest absolute Gasteiger partial charge is 0.0710 e. The number of hydrogen-bond acceptors (Lipinski definition) is 3. The molecule has 0 bridgehead atoms. The van der Waals surface area contributed by atoms with E-state index in [4.69, 9.17) is 0 Å². The molecule has 1 atom stereocenters. The van der Waals surface area contributed by atoms with Gasteiger partial charge in [-0.05, 0) is 31.4 Å². The highest BCUT2D eigenvalue weighted by molar-refractivity contribution is 5.61. The Hall–Kier alpha value is -1.68. The first kappa shape index (κ1) is 15.7. The minimum atomic E-state index is 0.528. The molecule has 0 radical (unpaired) electrons. The van der Waals surface area contributed by atoms with Crippen LogP contribution in [0.2, 0.25) is 0 Å². The Bertz CT molecular complexity index is 519. The molecule has 0 fully saturated rings. The van der Waals surface area contributed by atoms with Crippen molar-refractivity contribution in [1.82, 2.24) is 20.5 Å². The molecular formula is C17H26N4. The second-order valence-corrected chi connectivity index (χ2v) is 6.12. The van der Waals surface area contributed by atoms with Gasteiger partial charge in [0.05, 0.1) is 11.9 Å². The van der Waals surface area contributed by atoms with E-state index in [0.717, 1.165) is 23.7 Å². The molecule has 0 spiro atoms. The Morgan fingerprint density at radius 2 is 2.05 bits per heavy atom. The largest absolute Gasteiger partial charge is 0.310 e. The molecule has 0 aromatic carbocycles. The van der Waals surface area contributed by atoms with E-state index in [-0.39, 0.29) is 0 Å². The standard InChI is InChI=1S/C17H26N4/c1-13(2)6-4-7-14(3)19-11-16-12-20-21-17(16)15-8-5-9-18-10-15/h5,8-10,12-14,19H,4,6-7,11H2,1-3H3,(H,20,21). The number of aromatic amines is 1. The molecule has 0 amide bonds. The van der Waals surface area contributed by atoms with Gasteiger partial charge >= 0.3 is 0 Å². The maximum Gasteiger partial charge on any atom is 0.0710 e. The van der Waals surface area contributed by atoms with Crippen LogP contribution in [-0.2, 0) is 6.54 Å². The number of hydrogen-bond donors (Lipinski definition) is 2. The molecule has 2 rings (SSSR count). The van der Waals surface area contributed by atoms with Crippen molar-refractivity contribution in [2.75, 3.05) is 0 Å². The fourth-order valence-corrected chi connectivity index (χ4v) is 2.42. The summed E-state index contributed by atoms with van der Waals surface area (Å²) in [6, 6.07) is 4.53. The van der Waals surface area contributed by atoms with Crippen LogP contribution >= 0.6 is 0 Å². The van der Waals surface area contributed by atoms with Crippen molar-refractivity contribution >= 4 is 0 Å². The summed E-state index contributed by atoms with van der Waals surface area (Å²) >= 11 is 0. The van der Waals surface area contributed by atoms with E-state index in [1.165, 1.54) is 24.8 Å². The maximum absolute atomic E-state index is 4.17. The highest BCUT2D eigenvalue weighted by Crippen LogP contribution is 2.19. The van der Waals surface area contributed by atoms with Gasteiger partial charge in [-0.2, -0.15) is 5.10 Å². The number of nitrogens with one attached hydrogen (secondary N) is 2. The molecule has 0 saturated carbocycles. The zero-order valence-corrected chi connectivity index (χ0v) is 13.3. The molecule has 0 aliphatic heterocycles. The number of nitrogens with zero attached hydrogens (tertiary/aromatic N) is 2. The highest BCUT2D eigenvalue weighted by atomic mass is 15.1. The predicted molar refractivity (Wildman–Crippen MR) is 86.8 cm³/mol. The van der Waals surface area contributed by atoms with Gasteiger partial charge in [0, 0.05) is 36.1 Å². The third kappa shape index (κ3) is 4.97. The molecule has 0 aliphatic carbocycles. The van der Waals surface area contributed by atoms with E-state index in [2.05, 4.69) is 47.3 Å². The van der Waals surface area contributed by atoms with Gasteiger partial charge in [-0.3, -0.25) is 10.1 Å². The summed E-state index contributed by atoms with van der Waals surface area (Å²) in [4.78, 5) is 4.17. The minimum Gasteiger partial charge on any atom is -0.310 e. The lowest BCUT2D eigenvalue weighted by molar-refractivity contribution is 0.457. The van der Waals surface area contributed by atoms with Crippen LogP contribution in [0, 0.1) is 5.92 Å². The van der Waals surface area contributed by atoms with Crippen LogP contribution < -0.4 is 5.32 Å². The summed E-state index contributed by atoms with van der Waals surface area (Å²) in [6.07, 6.45) is 9.36. The van der Waals surface area contributed by atoms with Crippen LogP contribution in [0.4, 0.5) is 0 Å². The molecule has 0 aliphatic rings. The van der Waals surface area contributed by atoms with Gasteiger partial charge in [0.15, 0.2) is 0 Å². The Kier molecular flexibility index (Phi) is 5.93. The number of pyridine rings is 1. The Labute approximate surface area is 127 Å². The molecule has 4 heteroatoms. The molecule has 0 saturated heterocycles. The van der Waals surface area contributed by atoms with E-state index in [0.29, 0.717) is 6.04 Å². The van der Waals surface area contributed by atoms with Gasteiger partial charge < -0.3 is 5.32 Å². The highest BCUT2D eigenvalue weighted by Gasteiger charge is 2.09. The van der Waals surface area contributed by atoms with Crippen molar-refractivity contribution in [3.8, 4) is 11.3 Å². The summed E-state index contributed by atoms with van der Waals surface area (Å²) in [5.74, 6) is 0.795. The monoisotopic (exact) mass is 286 g/mol. The van der Waals surface area contributed by atoms with Crippen LogP contribution in [0.15, 0.2) is 30.7 Å². The van der Waals surface area contributed by atoms with E-state index in [1.807, 2.05) is 18.5 Å². The van der Waals surface area contributed by atoms with Crippen molar-refractivity contribution in [3.05, 3.63) is 36.3 Å². The van der Waals surface area contributed by atoms with Gasteiger partial charge in [-0.1, -0.05) is 26.7 Å². The first-order valence-electron chi connectivity index (χ1n) is 7.83. The summed E-state index contributed by atoms with van der Waals surface area (Å²) in [7, 11) is 0.